The molecule has 50 heavy (non-hydrogen) atoms. The van der Waals surface area contributed by atoms with Crippen LogP contribution < -0.4 is 10.9 Å². The van der Waals surface area contributed by atoms with E-state index >= 15 is 0 Å². The topological polar surface area (TPSA) is 74.2 Å². The van der Waals surface area contributed by atoms with Gasteiger partial charge in [-0.05, 0) is 86.3 Å². The number of hydrazine groups is 1. The minimum atomic E-state index is 0.288. The maximum atomic E-state index is 9.86. The van der Waals surface area contributed by atoms with Crippen molar-refractivity contribution in [1.29, 1.82) is 5.41 Å². The van der Waals surface area contributed by atoms with Gasteiger partial charge in [0.2, 0.25) is 0 Å². The van der Waals surface area contributed by atoms with E-state index in [1.165, 1.54) is 0 Å². The number of fused-ring (bicyclic) bond motifs is 4. The summed E-state index contributed by atoms with van der Waals surface area (Å²) >= 11 is 0. The molecule has 0 spiro atoms. The van der Waals surface area contributed by atoms with E-state index in [2.05, 4.69) is 83.6 Å². The van der Waals surface area contributed by atoms with Crippen molar-refractivity contribution in [2.45, 2.75) is 0 Å². The minimum Gasteiger partial charge on any atom is -0.456 e. The lowest BCUT2D eigenvalue weighted by Crippen LogP contribution is -2.12. The van der Waals surface area contributed by atoms with Crippen LogP contribution in [-0.4, -0.2) is 5.71 Å². The van der Waals surface area contributed by atoms with Gasteiger partial charge >= 0.3 is 0 Å². The quantitative estimate of drug-likeness (QED) is 0.0918. The number of benzene rings is 8. The van der Waals surface area contributed by atoms with Crippen LogP contribution in [0.5, 0.6) is 0 Å². The lowest BCUT2D eigenvalue weighted by atomic mass is 9.88. The summed E-state index contributed by atoms with van der Waals surface area (Å²) in [6.07, 6.45) is 0. The van der Waals surface area contributed by atoms with Gasteiger partial charge in [-0.1, -0.05) is 115 Å². The molecule has 5 nitrogen and oxygen atoms in total. The highest BCUT2D eigenvalue weighted by Crippen LogP contribution is 2.46. The first-order chi connectivity index (χ1) is 24.7. The second kappa shape index (κ2) is 11.1. The molecular formula is C45H29N3O2. The highest BCUT2D eigenvalue weighted by Gasteiger charge is 2.25. The first-order valence-electron chi connectivity index (χ1n) is 16.7. The van der Waals surface area contributed by atoms with E-state index in [9.17, 15) is 5.41 Å². The van der Waals surface area contributed by atoms with Crippen molar-refractivity contribution in [3.05, 3.63) is 169 Å². The van der Waals surface area contributed by atoms with Gasteiger partial charge < -0.3 is 14.3 Å². The van der Waals surface area contributed by atoms with Gasteiger partial charge in [0.1, 0.15) is 28.1 Å². The van der Waals surface area contributed by atoms with Crippen LogP contribution >= 0.6 is 0 Å². The van der Waals surface area contributed by atoms with Crippen molar-refractivity contribution >= 4 is 71.5 Å². The third kappa shape index (κ3) is 4.37. The third-order valence-corrected chi connectivity index (χ3v) is 9.73. The fraction of sp³-hybridized carbons (Fsp3) is 0. The van der Waals surface area contributed by atoms with Crippen LogP contribution in [0, 0.1) is 5.41 Å². The molecule has 0 amide bonds. The van der Waals surface area contributed by atoms with Crippen molar-refractivity contribution in [3.8, 4) is 22.3 Å². The van der Waals surface area contributed by atoms with E-state index in [4.69, 9.17) is 8.83 Å². The molecule has 3 N–H and O–H groups in total. The Hall–Kier alpha value is -6.85. The molecule has 0 aliphatic carbocycles. The van der Waals surface area contributed by atoms with Crippen LogP contribution in [-0.2, 0) is 0 Å². The third-order valence-electron chi connectivity index (χ3n) is 9.73. The van der Waals surface area contributed by atoms with Crippen molar-refractivity contribution in [3.63, 3.8) is 0 Å². The van der Waals surface area contributed by atoms with Crippen LogP contribution in [0.4, 0.5) is 11.4 Å². The summed E-state index contributed by atoms with van der Waals surface area (Å²) in [5, 5.41) is 17.1. The maximum absolute atomic E-state index is 9.86. The smallest absolute Gasteiger partial charge is 0.178 e. The molecule has 0 bridgehead atoms. The Morgan fingerprint density at radius 3 is 1.86 bits per heavy atom. The molecule has 0 atom stereocenters. The number of furan rings is 2. The average molecular weight is 644 g/mol. The van der Waals surface area contributed by atoms with E-state index in [0.29, 0.717) is 17.0 Å². The fourth-order valence-corrected chi connectivity index (χ4v) is 7.43. The van der Waals surface area contributed by atoms with Gasteiger partial charge in [0.25, 0.3) is 0 Å². The maximum Gasteiger partial charge on any atom is 0.178 e. The van der Waals surface area contributed by atoms with Crippen LogP contribution in [0.2, 0.25) is 0 Å². The Balaban J connectivity index is 1.21. The molecule has 5 heteroatoms. The summed E-state index contributed by atoms with van der Waals surface area (Å²) in [7, 11) is 0. The molecule has 0 fully saturated rings. The SMILES string of the molecule is N=C(c1oc2ccc(-c3ccccc3)cc2c1NNc1ccccc1)c1cccc2c3cc(-c4ccccc4)cc4oc5cccc(c12)c5c43. The molecule has 0 aliphatic rings. The predicted molar refractivity (Wildman–Crippen MR) is 207 cm³/mol. The van der Waals surface area contributed by atoms with Gasteiger partial charge in [-0.2, -0.15) is 0 Å². The highest BCUT2D eigenvalue weighted by molar-refractivity contribution is 6.37. The molecule has 8 aromatic carbocycles. The van der Waals surface area contributed by atoms with Crippen molar-refractivity contribution in [1.82, 2.24) is 0 Å². The molecule has 0 unspecified atom stereocenters. The second-order valence-electron chi connectivity index (χ2n) is 12.6. The second-order valence-corrected chi connectivity index (χ2v) is 12.6. The van der Waals surface area contributed by atoms with E-state index in [-0.39, 0.29) is 5.71 Å². The predicted octanol–water partition coefficient (Wildman–Crippen LogP) is 12.3. The summed E-state index contributed by atoms with van der Waals surface area (Å²) in [5.41, 5.74) is 16.2. The molecular weight excluding hydrogens is 615 g/mol. The first kappa shape index (κ1) is 28.2. The molecule has 2 heterocycles. The molecule has 0 saturated heterocycles. The molecule has 0 aliphatic heterocycles. The van der Waals surface area contributed by atoms with Gasteiger partial charge in [-0.15, -0.1) is 0 Å². The standard InChI is InChI=1S/C45H29N3O2/c46-43(45-44(48-47-31-16-8-3-9-17-31)36-24-29(22-23-37(36)50-45)27-12-4-1-5-13-27)34-20-10-18-32-35-25-30(28-14-6-2-7-15-28)26-39-42(35)41-33(40(32)34)19-11-21-38(41)49-39/h1-26,46-48H. The zero-order chi connectivity index (χ0) is 33.2. The molecule has 236 valence electrons. The summed E-state index contributed by atoms with van der Waals surface area (Å²) in [4.78, 5) is 0. The van der Waals surface area contributed by atoms with E-state index in [1.807, 2.05) is 84.9 Å². The normalized spacial score (nSPS) is 11.7. The van der Waals surface area contributed by atoms with E-state index in [1.54, 1.807) is 0 Å². The molecule has 10 rings (SSSR count). The molecule has 0 saturated carbocycles. The van der Waals surface area contributed by atoms with Gasteiger partial charge in [0.05, 0.1) is 5.69 Å². The number of rotatable bonds is 7. The molecule has 10 aromatic rings. The van der Waals surface area contributed by atoms with Crippen molar-refractivity contribution in [2.24, 2.45) is 0 Å². The Bertz CT molecular complexity index is 2870. The van der Waals surface area contributed by atoms with Crippen LogP contribution in [0.15, 0.2) is 167 Å². The number of nitrogens with one attached hydrogen (secondary N) is 3. The highest BCUT2D eigenvalue weighted by atomic mass is 16.3. The van der Waals surface area contributed by atoms with Crippen LogP contribution in [0.25, 0.3) is 76.7 Å². The average Bonchev–Trinajstić information content (AvgIpc) is 3.75. The number of hydrogen-bond donors (Lipinski definition) is 3. The Morgan fingerprint density at radius 2 is 1.08 bits per heavy atom. The van der Waals surface area contributed by atoms with E-state index in [0.717, 1.165) is 82.4 Å². The fourth-order valence-electron chi connectivity index (χ4n) is 7.43. The first-order valence-corrected chi connectivity index (χ1v) is 16.7. The van der Waals surface area contributed by atoms with E-state index < -0.39 is 0 Å². The van der Waals surface area contributed by atoms with Gasteiger partial charge in [0, 0.05) is 21.7 Å². The number of hydrogen-bond acceptors (Lipinski definition) is 5. The Labute approximate surface area is 287 Å². The lowest BCUT2D eigenvalue weighted by Gasteiger charge is -2.15. The lowest BCUT2D eigenvalue weighted by molar-refractivity contribution is 0.606. The zero-order valence-electron chi connectivity index (χ0n) is 26.8. The van der Waals surface area contributed by atoms with Crippen LogP contribution in [0.3, 0.4) is 0 Å². The zero-order valence-corrected chi connectivity index (χ0v) is 26.8. The Morgan fingerprint density at radius 1 is 0.420 bits per heavy atom. The van der Waals surface area contributed by atoms with Gasteiger partial charge in [-0.3, -0.25) is 10.8 Å². The van der Waals surface area contributed by atoms with Crippen LogP contribution in [0.1, 0.15) is 11.3 Å². The monoisotopic (exact) mass is 643 g/mol. The molecule has 2 aromatic heterocycles. The number of para-hydroxylation sites is 1. The largest absolute Gasteiger partial charge is 0.456 e. The van der Waals surface area contributed by atoms with Gasteiger partial charge in [-0.25, -0.2) is 0 Å². The van der Waals surface area contributed by atoms with Crippen molar-refractivity contribution in [2.75, 3.05) is 10.9 Å². The summed E-state index contributed by atoms with van der Waals surface area (Å²) in [5.74, 6) is 0.454. The summed E-state index contributed by atoms with van der Waals surface area (Å²) in [6, 6.07) is 53.7. The number of anilines is 2. The minimum absolute atomic E-state index is 0.288. The van der Waals surface area contributed by atoms with Crippen molar-refractivity contribution < 1.29 is 8.83 Å². The molecule has 0 radical (unpaired) electrons. The summed E-state index contributed by atoms with van der Waals surface area (Å²) in [6.45, 7) is 0. The van der Waals surface area contributed by atoms with Gasteiger partial charge in [0.15, 0.2) is 5.76 Å². The Kier molecular flexibility index (Phi) is 6.26. The summed E-state index contributed by atoms with van der Waals surface area (Å²) < 4.78 is 13.1.